The highest BCUT2D eigenvalue weighted by Gasteiger charge is 2.36. The molecule has 1 heterocycles. The van der Waals surface area contributed by atoms with Crippen LogP contribution in [0.25, 0.3) is 0 Å². The molecule has 2 aromatic carbocycles. The molecule has 0 unspecified atom stereocenters. The van der Waals surface area contributed by atoms with E-state index in [1.807, 2.05) is 0 Å². The van der Waals surface area contributed by atoms with E-state index in [1.54, 1.807) is 73.4 Å². The van der Waals surface area contributed by atoms with Crippen LogP contribution in [0.3, 0.4) is 0 Å². The van der Waals surface area contributed by atoms with Crippen molar-refractivity contribution in [3.63, 3.8) is 0 Å². The summed E-state index contributed by atoms with van der Waals surface area (Å²) in [6.07, 6.45) is 0. The number of amides is 2. The summed E-state index contributed by atoms with van der Waals surface area (Å²) in [7, 11) is 3.12. The average molecular weight is 389 g/mol. The first kappa shape index (κ1) is 19.0. The van der Waals surface area contributed by atoms with Crippen LogP contribution in [0, 0.1) is 0 Å². The highest BCUT2D eigenvalue weighted by atomic mass is 35.5. The Morgan fingerprint density at radius 3 is 2.52 bits per heavy atom. The van der Waals surface area contributed by atoms with Gasteiger partial charge in [0.05, 0.1) is 30.5 Å². The van der Waals surface area contributed by atoms with Gasteiger partial charge < -0.3 is 19.3 Å². The maximum atomic E-state index is 13.0. The second-order valence-corrected chi connectivity index (χ2v) is 6.59. The Morgan fingerprint density at radius 1 is 1.11 bits per heavy atom. The zero-order valence-corrected chi connectivity index (χ0v) is 16.2. The van der Waals surface area contributed by atoms with E-state index in [-0.39, 0.29) is 11.8 Å². The molecule has 6 nitrogen and oxygen atoms in total. The molecule has 0 radical (unpaired) electrons. The molecule has 7 heteroatoms. The number of piperazine rings is 1. The molecule has 0 N–H and O–H groups in total. The van der Waals surface area contributed by atoms with Crippen LogP contribution < -0.4 is 14.4 Å². The maximum Gasteiger partial charge on any atom is 0.256 e. The van der Waals surface area contributed by atoms with Crippen LogP contribution in [0.2, 0.25) is 5.02 Å². The second-order valence-electron chi connectivity index (χ2n) is 6.18. The lowest BCUT2D eigenvalue weighted by Gasteiger charge is -2.39. The molecule has 0 aromatic heterocycles. The number of hydrogen-bond donors (Lipinski definition) is 0. The molecular formula is C20H21ClN2O4. The number of hydrogen-bond acceptors (Lipinski definition) is 4. The van der Waals surface area contributed by atoms with Crippen molar-refractivity contribution in [2.24, 2.45) is 0 Å². The number of benzene rings is 2. The molecule has 0 spiro atoms. The third-order valence-electron chi connectivity index (χ3n) is 4.70. The van der Waals surface area contributed by atoms with Crippen LogP contribution in [0.4, 0.5) is 5.69 Å². The number of methoxy groups -OCH3 is 2. The Hall–Kier alpha value is -2.73. The summed E-state index contributed by atoms with van der Waals surface area (Å²) in [5, 5.41) is 0.374. The molecule has 1 fully saturated rings. The van der Waals surface area contributed by atoms with Gasteiger partial charge in [-0.3, -0.25) is 9.59 Å². The molecule has 1 aliphatic rings. The van der Waals surface area contributed by atoms with E-state index in [9.17, 15) is 9.59 Å². The summed E-state index contributed by atoms with van der Waals surface area (Å²) in [6, 6.07) is 11.5. The fraction of sp³-hybridized carbons (Fsp3) is 0.300. The van der Waals surface area contributed by atoms with Gasteiger partial charge in [0.25, 0.3) is 5.91 Å². The lowest BCUT2D eigenvalue weighted by atomic mass is 10.1. The van der Waals surface area contributed by atoms with E-state index in [0.717, 1.165) is 0 Å². The molecule has 1 aliphatic heterocycles. The van der Waals surface area contributed by atoms with Gasteiger partial charge in [0.15, 0.2) is 0 Å². The summed E-state index contributed by atoms with van der Waals surface area (Å²) in [5.41, 5.74) is 1.02. The molecule has 0 aliphatic carbocycles. The number of halogens is 1. The molecule has 1 atom stereocenters. The van der Waals surface area contributed by atoms with Crippen LogP contribution in [-0.4, -0.2) is 50.1 Å². The Morgan fingerprint density at radius 2 is 1.85 bits per heavy atom. The van der Waals surface area contributed by atoms with Crippen molar-refractivity contribution in [3.8, 4) is 11.5 Å². The highest BCUT2D eigenvalue weighted by molar-refractivity contribution is 6.33. The van der Waals surface area contributed by atoms with Gasteiger partial charge >= 0.3 is 0 Å². The molecule has 2 aromatic rings. The summed E-state index contributed by atoms with van der Waals surface area (Å²) in [6.45, 7) is 2.45. The lowest BCUT2D eigenvalue weighted by molar-refractivity contribution is -0.124. The largest absolute Gasteiger partial charge is 0.497 e. The summed E-state index contributed by atoms with van der Waals surface area (Å²) in [4.78, 5) is 29.1. The van der Waals surface area contributed by atoms with Crippen molar-refractivity contribution < 1.29 is 19.1 Å². The first-order valence-corrected chi connectivity index (χ1v) is 8.94. The van der Waals surface area contributed by atoms with Gasteiger partial charge in [0, 0.05) is 19.2 Å². The number of anilines is 1. The number of carbonyl (C=O) groups excluding carboxylic acids is 2. The number of carbonyl (C=O) groups is 2. The molecule has 0 bridgehead atoms. The minimum Gasteiger partial charge on any atom is -0.497 e. The smallest absolute Gasteiger partial charge is 0.256 e. The fourth-order valence-electron chi connectivity index (χ4n) is 3.18. The van der Waals surface area contributed by atoms with Crippen molar-refractivity contribution in [1.29, 1.82) is 0 Å². The van der Waals surface area contributed by atoms with E-state index in [1.165, 1.54) is 0 Å². The van der Waals surface area contributed by atoms with Crippen LogP contribution in [-0.2, 0) is 4.79 Å². The number of rotatable bonds is 4. The zero-order chi connectivity index (χ0) is 19.6. The Balaban J connectivity index is 1.87. The van der Waals surface area contributed by atoms with E-state index < -0.39 is 6.04 Å². The van der Waals surface area contributed by atoms with E-state index >= 15 is 0 Å². The molecule has 27 heavy (non-hydrogen) atoms. The van der Waals surface area contributed by atoms with E-state index in [4.69, 9.17) is 21.1 Å². The quantitative estimate of drug-likeness (QED) is 0.806. The molecule has 0 saturated carbocycles. The van der Waals surface area contributed by atoms with Gasteiger partial charge in [0.2, 0.25) is 5.91 Å². The zero-order valence-electron chi connectivity index (χ0n) is 15.4. The minimum atomic E-state index is -0.626. The summed E-state index contributed by atoms with van der Waals surface area (Å²) >= 11 is 6.15. The average Bonchev–Trinajstić information content (AvgIpc) is 2.69. The van der Waals surface area contributed by atoms with Gasteiger partial charge in [-0.05, 0) is 31.2 Å². The van der Waals surface area contributed by atoms with Crippen LogP contribution in [0.5, 0.6) is 11.5 Å². The van der Waals surface area contributed by atoms with Crippen molar-refractivity contribution in [2.45, 2.75) is 13.0 Å². The number of ether oxygens (including phenoxy) is 2. The first-order chi connectivity index (χ1) is 13.0. The van der Waals surface area contributed by atoms with Crippen LogP contribution in [0.1, 0.15) is 17.3 Å². The predicted octanol–water partition coefficient (Wildman–Crippen LogP) is 3.23. The molecule has 2 amide bonds. The maximum absolute atomic E-state index is 13.0. The van der Waals surface area contributed by atoms with E-state index in [0.29, 0.717) is 40.9 Å². The van der Waals surface area contributed by atoms with Gasteiger partial charge in [-0.25, -0.2) is 0 Å². The van der Waals surface area contributed by atoms with Crippen molar-refractivity contribution in [2.75, 3.05) is 32.2 Å². The topological polar surface area (TPSA) is 59.1 Å². The van der Waals surface area contributed by atoms with Gasteiger partial charge in [0.1, 0.15) is 17.5 Å². The number of nitrogens with zero attached hydrogens (tertiary/aromatic N) is 2. The Kier molecular flexibility index (Phi) is 5.56. The molecule has 3 rings (SSSR count). The first-order valence-electron chi connectivity index (χ1n) is 8.56. The summed E-state index contributed by atoms with van der Waals surface area (Å²) in [5.74, 6) is 0.759. The van der Waals surface area contributed by atoms with Crippen LogP contribution >= 0.6 is 11.6 Å². The SMILES string of the molecule is COc1ccc(OC)c(N2CCN(C(=O)c3ccccc3Cl)[C@@H](C)C2=O)c1. The monoisotopic (exact) mass is 388 g/mol. The van der Waals surface area contributed by atoms with Gasteiger partial charge in [-0.2, -0.15) is 0 Å². The third-order valence-corrected chi connectivity index (χ3v) is 5.03. The van der Waals surface area contributed by atoms with Gasteiger partial charge in [-0.1, -0.05) is 23.7 Å². The molecule has 142 valence electrons. The fourth-order valence-corrected chi connectivity index (χ4v) is 3.40. The predicted molar refractivity (Wildman–Crippen MR) is 104 cm³/mol. The third kappa shape index (κ3) is 3.57. The molecular weight excluding hydrogens is 368 g/mol. The second kappa shape index (κ2) is 7.88. The molecule has 1 saturated heterocycles. The van der Waals surface area contributed by atoms with Crippen molar-refractivity contribution in [3.05, 3.63) is 53.1 Å². The van der Waals surface area contributed by atoms with E-state index in [2.05, 4.69) is 0 Å². The summed E-state index contributed by atoms with van der Waals surface area (Å²) < 4.78 is 10.7. The van der Waals surface area contributed by atoms with Crippen molar-refractivity contribution >= 4 is 29.1 Å². The Labute approximate surface area is 163 Å². The normalized spacial score (nSPS) is 17.0. The van der Waals surface area contributed by atoms with Crippen LogP contribution in [0.15, 0.2) is 42.5 Å². The minimum absolute atomic E-state index is 0.187. The van der Waals surface area contributed by atoms with Crippen molar-refractivity contribution in [1.82, 2.24) is 4.90 Å². The highest BCUT2D eigenvalue weighted by Crippen LogP contribution is 2.34. The standard InChI is InChI=1S/C20H21ClN2O4/c1-13-19(24)23(17-12-14(26-2)8-9-18(17)27-3)11-10-22(13)20(25)15-6-4-5-7-16(15)21/h4-9,12-13H,10-11H2,1-3H3/t13-/m0/s1. The van der Waals surface area contributed by atoms with Gasteiger partial charge in [-0.15, -0.1) is 0 Å². The lowest BCUT2D eigenvalue weighted by Crippen LogP contribution is -2.57. The Bertz CT molecular complexity index is 871.